The zero-order chi connectivity index (χ0) is 35.1. The van der Waals surface area contributed by atoms with E-state index in [1.807, 2.05) is 27.7 Å². The van der Waals surface area contributed by atoms with E-state index in [0.717, 1.165) is 12.8 Å². The summed E-state index contributed by atoms with van der Waals surface area (Å²) in [6.45, 7) is 21.5. The molecule has 0 N–H and O–H groups in total. The van der Waals surface area contributed by atoms with Crippen LogP contribution in [-0.4, -0.2) is 0 Å². The minimum atomic E-state index is 0.175. The van der Waals surface area contributed by atoms with Crippen molar-refractivity contribution in [3.8, 4) is 11.1 Å². The van der Waals surface area contributed by atoms with Gasteiger partial charge in [-0.15, -0.1) is 0 Å². The van der Waals surface area contributed by atoms with Gasteiger partial charge < -0.3 is 0 Å². The zero-order valence-corrected chi connectivity index (χ0v) is 31.3. The zero-order valence-electron chi connectivity index (χ0n) is 31.3. The quantitative estimate of drug-likeness (QED) is 0.169. The standard InChI is InChI=1S/C26H26.C15H12.C3H8.2C2H6/c1-4-26(3,5-2)25-22-17-11-9-15-20(22)24(19-13-7-6-8-14-19)21-16-10-12-18-23(21)25;1-11-14-8-4-2-6-12(14)10-13-7-3-5-9-15(11)13;1-3-2;2*1-2/h6-18H,4-5H2,1-3H3;2-10H,1H3;3H2,1-2H3;2*1-2H3. The lowest BCUT2D eigenvalue weighted by Crippen LogP contribution is -2.20. The molecule has 0 unspecified atom stereocenters. The van der Waals surface area contributed by atoms with Crippen LogP contribution in [0.25, 0.3) is 54.2 Å². The number of hydrogen-bond donors (Lipinski definition) is 0. The molecule has 0 heterocycles. The van der Waals surface area contributed by atoms with E-state index in [4.69, 9.17) is 0 Å². The summed E-state index contributed by atoms with van der Waals surface area (Å²) >= 11 is 0. The normalized spacial score (nSPS) is 10.5. The van der Waals surface area contributed by atoms with Crippen molar-refractivity contribution in [2.24, 2.45) is 0 Å². The first-order valence-electron chi connectivity index (χ1n) is 18.3. The van der Waals surface area contributed by atoms with Crippen LogP contribution in [0.1, 0.15) is 92.7 Å². The second-order valence-electron chi connectivity index (χ2n) is 12.1. The summed E-state index contributed by atoms with van der Waals surface area (Å²) in [7, 11) is 0. The van der Waals surface area contributed by atoms with Crippen LogP contribution in [0.5, 0.6) is 0 Å². The third kappa shape index (κ3) is 8.16. The number of fused-ring (bicyclic) bond motifs is 4. The summed E-state index contributed by atoms with van der Waals surface area (Å²) in [5, 5.41) is 10.9. The summed E-state index contributed by atoms with van der Waals surface area (Å²) in [6.07, 6.45) is 3.53. The fourth-order valence-electron chi connectivity index (χ4n) is 6.54. The molecule has 0 aromatic heterocycles. The van der Waals surface area contributed by atoms with Gasteiger partial charge in [0.25, 0.3) is 0 Å². The van der Waals surface area contributed by atoms with Gasteiger partial charge >= 0.3 is 0 Å². The Balaban J connectivity index is 0.000000240. The van der Waals surface area contributed by atoms with E-state index in [-0.39, 0.29) is 5.41 Å². The van der Waals surface area contributed by atoms with E-state index in [1.54, 1.807) is 0 Å². The molecule has 0 aliphatic rings. The molecule has 0 aliphatic carbocycles. The first-order valence-corrected chi connectivity index (χ1v) is 18.3. The summed E-state index contributed by atoms with van der Waals surface area (Å²) in [5.41, 5.74) is 5.71. The van der Waals surface area contributed by atoms with Gasteiger partial charge in [-0.2, -0.15) is 0 Å². The highest BCUT2D eigenvalue weighted by Gasteiger charge is 2.28. The van der Waals surface area contributed by atoms with Crippen LogP contribution in [-0.2, 0) is 5.41 Å². The highest BCUT2D eigenvalue weighted by molar-refractivity contribution is 6.15. The molecule has 0 fully saturated rings. The van der Waals surface area contributed by atoms with Gasteiger partial charge in [-0.05, 0) is 96.6 Å². The maximum Gasteiger partial charge on any atom is -0.00266 e. The number of hydrogen-bond acceptors (Lipinski definition) is 0. The van der Waals surface area contributed by atoms with Crippen LogP contribution in [0.2, 0.25) is 0 Å². The van der Waals surface area contributed by atoms with Crippen molar-refractivity contribution in [2.45, 2.75) is 93.9 Å². The van der Waals surface area contributed by atoms with Gasteiger partial charge in [0.15, 0.2) is 0 Å². The maximum absolute atomic E-state index is 2.42. The molecule has 7 rings (SSSR count). The number of rotatable bonds is 4. The van der Waals surface area contributed by atoms with Gasteiger partial charge in [0, 0.05) is 0 Å². The van der Waals surface area contributed by atoms with Gasteiger partial charge in [-0.3, -0.25) is 0 Å². The third-order valence-electron chi connectivity index (χ3n) is 9.20. The molecule has 0 heteroatoms. The van der Waals surface area contributed by atoms with E-state index >= 15 is 0 Å². The van der Waals surface area contributed by atoms with E-state index < -0.39 is 0 Å². The Morgan fingerprint density at radius 3 is 1.17 bits per heavy atom. The first kappa shape index (κ1) is 38.0. The SMILES string of the molecule is CC.CC.CCC.CCC(C)(CC)c1c2ccccc2c(-c2ccccc2)c2ccccc12.Cc1c2ccccc2cc2ccccc12. The van der Waals surface area contributed by atoms with Gasteiger partial charge in [-0.25, -0.2) is 0 Å². The molecule has 0 saturated carbocycles. The van der Waals surface area contributed by atoms with Crippen LogP contribution < -0.4 is 0 Å². The summed E-state index contributed by atoms with van der Waals surface area (Å²) < 4.78 is 0. The molecule has 0 amide bonds. The molecule has 0 spiro atoms. The van der Waals surface area contributed by atoms with E-state index in [2.05, 4.69) is 175 Å². The Labute approximate surface area is 291 Å². The smallest absolute Gasteiger partial charge is 0.00266 e. The predicted molar refractivity (Wildman–Crippen MR) is 220 cm³/mol. The highest BCUT2D eigenvalue weighted by atomic mass is 14.3. The summed E-state index contributed by atoms with van der Waals surface area (Å²) in [6, 6.07) is 48.1. The molecule has 7 aromatic rings. The Morgan fingerprint density at radius 1 is 0.438 bits per heavy atom. The number of benzene rings is 7. The van der Waals surface area contributed by atoms with Crippen molar-refractivity contribution < 1.29 is 0 Å². The first-order chi connectivity index (χ1) is 23.5. The van der Waals surface area contributed by atoms with E-state index in [0.29, 0.717) is 0 Å². The second-order valence-corrected chi connectivity index (χ2v) is 12.1. The molecule has 7 aromatic carbocycles. The molecule has 0 aliphatic heterocycles. The lowest BCUT2D eigenvalue weighted by Gasteiger charge is -2.31. The van der Waals surface area contributed by atoms with Gasteiger partial charge in [0.1, 0.15) is 0 Å². The largest absolute Gasteiger partial charge is 0.0683 e. The van der Waals surface area contributed by atoms with E-state index in [1.165, 1.54) is 71.8 Å². The fourth-order valence-corrected chi connectivity index (χ4v) is 6.54. The van der Waals surface area contributed by atoms with Crippen molar-refractivity contribution in [1.29, 1.82) is 0 Å². The summed E-state index contributed by atoms with van der Waals surface area (Å²) in [5.74, 6) is 0. The minimum absolute atomic E-state index is 0.175. The van der Waals surface area contributed by atoms with E-state index in [9.17, 15) is 0 Å². The van der Waals surface area contributed by atoms with Crippen molar-refractivity contribution in [3.63, 3.8) is 0 Å². The van der Waals surface area contributed by atoms with Crippen molar-refractivity contribution >= 4 is 43.1 Å². The molecule has 0 radical (unpaired) electrons. The lowest BCUT2D eigenvalue weighted by molar-refractivity contribution is 0.446. The Bertz CT molecular complexity index is 1880. The fraction of sp³-hybridized carbons (Fsp3) is 0.292. The highest BCUT2D eigenvalue weighted by Crippen LogP contribution is 2.45. The monoisotopic (exact) mass is 634 g/mol. The average Bonchev–Trinajstić information content (AvgIpc) is 3.16. The van der Waals surface area contributed by atoms with Crippen molar-refractivity contribution in [2.75, 3.05) is 0 Å². The van der Waals surface area contributed by atoms with Gasteiger partial charge in [0.2, 0.25) is 0 Å². The van der Waals surface area contributed by atoms with Crippen LogP contribution >= 0.6 is 0 Å². The van der Waals surface area contributed by atoms with Crippen LogP contribution in [0.15, 0.2) is 133 Å². The Kier molecular flexibility index (Phi) is 14.9. The van der Waals surface area contributed by atoms with Crippen LogP contribution in [0, 0.1) is 6.92 Å². The van der Waals surface area contributed by atoms with Gasteiger partial charge in [0.05, 0.1) is 0 Å². The second kappa shape index (κ2) is 18.8. The topological polar surface area (TPSA) is 0 Å². The average molecular weight is 635 g/mol. The molecular formula is C48H58. The molecule has 0 atom stereocenters. The molecule has 48 heavy (non-hydrogen) atoms. The summed E-state index contributed by atoms with van der Waals surface area (Å²) in [4.78, 5) is 0. The van der Waals surface area contributed by atoms with Crippen LogP contribution in [0.4, 0.5) is 0 Å². The van der Waals surface area contributed by atoms with Gasteiger partial charge in [-0.1, -0.05) is 196 Å². The lowest BCUT2D eigenvalue weighted by atomic mass is 9.72. The number of aryl methyl sites for hydroxylation is 1. The minimum Gasteiger partial charge on any atom is -0.0683 e. The molecule has 0 nitrogen and oxygen atoms in total. The van der Waals surface area contributed by atoms with Crippen molar-refractivity contribution in [1.82, 2.24) is 0 Å². The molecular weight excluding hydrogens is 577 g/mol. The Hall–Kier alpha value is -4.42. The van der Waals surface area contributed by atoms with Crippen LogP contribution in [0.3, 0.4) is 0 Å². The molecule has 0 saturated heterocycles. The molecule has 0 bridgehead atoms. The molecule has 250 valence electrons. The Morgan fingerprint density at radius 2 is 0.771 bits per heavy atom. The third-order valence-corrected chi connectivity index (χ3v) is 9.20. The predicted octanol–water partition coefficient (Wildman–Crippen LogP) is 15.5. The maximum atomic E-state index is 2.42. The van der Waals surface area contributed by atoms with Crippen molar-refractivity contribution in [3.05, 3.63) is 145 Å².